The summed E-state index contributed by atoms with van der Waals surface area (Å²) in [5, 5.41) is 13.5. The minimum absolute atomic E-state index is 0.314. The van der Waals surface area contributed by atoms with Crippen LogP contribution in [0, 0.1) is 11.3 Å². The number of aliphatic hydroxyl groups is 1. The molecule has 0 spiro atoms. The second kappa shape index (κ2) is 8.23. The fraction of sp³-hybridized carbons (Fsp3) is 1.00. The van der Waals surface area contributed by atoms with E-state index in [1.54, 1.807) is 0 Å². The van der Waals surface area contributed by atoms with E-state index in [0.29, 0.717) is 11.3 Å². The standard InChI is InChI=1S/C16H36N2O/c1-8-16(9-2,11-17-10-14(3)4)13-18(7)12-15(5,6)19/h14,17,19H,8-13H2,1-7H3. The Hall–Kier alpha value is -0.120. The van der Waals surface area contributed by atoms with Gasteiger partial charge in [-0.2, -0.15) is 0 Å². The summed E-state index contributed by atoms with van der Waals surface area (Å²) in [6.45, 7) is 16.7. The van der Waals surface area contributed by atoms with E-state index >= 15 is 0 Å². The minimum Gasteiger partial charge on any atom is -0.389 e. The molecule has 0 aliphatic carbocycles. The SMILES string of the molecule is CCC(CC)(CNCC(C)C)CN(C)CC(C)(C)O. The molecule has 0 aliphatic heterocycles. The topological polar surface area (TPSA) is 35.5 Å². The molecule has 0 aromatic carbocycles. The van der Waals surface area contributed by atoms with E-state index in [4.69, 9.17) is 0 Å². The maximum absolute atomic E-state index is 9.92. The number of rotatable bonds is 10. The highest BCUT2D eigenvalue weighted by Crippen LogP contribution is 2.27. The molecule has 0 radical (unpaired) electrons. The molecule has 116 valence electrons. The fourth-order valence-corrected chi connectivity index (χ4v) is 2.69. The Balaban J connectivity index is 4.43. The molecule has 0 aromatic rings. The molecule has 0 fully saturated rings. The lowest BCUT2D eigenvalue weighted by Crippen LogP contribution is -2.46. The molecule has 0 amide bonds. The Morgan fingerprint density at radius 1 is 1.11 bits per heavy atom. The largest absolute Gasteiger partial charge is 0.389 e. The highest BCUT2D eigenvalue weighted by Gasteiger charge is 2.29. The van der Waals surface area contributed by atoms with Gasteiger partial charge >= 0.3 is 0 Å². The first-order valence-electron chi connectivity index (χ1n) is 7.76. The van der Waals surface area contributed by atoms with Gasteiger partial charge in [0.25, 0.3) is 0 Å². The fourth-order valence-electron chi connectivity index (χ4n) is 2.69. The van der Waals surface area contributed by atoms with Gasteiger partial charge in [-0.1, -0.05) is 27.7 Å². The molecular weight excluding hydrogens is 236 g/mol. The van der Waals surface area contributed by atoms with Crippen molar-refractivity contribution in [1.82, 2.24) is 10.2 Å². The van der Waals surface area contributed by atoms with Crippen molar-refractivity contribution >= 4 is 0 Å². The quantitative estimate of drug-likeness (QED) is 0.642. The normalized spacial score (nSPS) is 13.6. The molecule has 0 heterocycles. The van der Waals surface area contributed by atoms with Crippen LogP contribution in [-0.4, -0.2) is 48.8 Å². The van der Waals surface area contributed by atoms with Gasteiger partial charge in [0.05, 0.1) is 5.60 Å². The zero-order valence-electron chi connectivity index (χ0n) is 14.2. The lowest BCUT2D eigenvalue weighted by molar-refractivity contribution is 0.0282. The van der Waals surface area contributed by atoms with Crippen LogP contribution in [0.1, 0.15) is 54.4 Å². The molecule has 0 atom stereocenters. The summed E-state index contributed by atoms with van der Waals surface area (Å²) >= 11 is 0. The van der Waals surface area contributed by atoms with Gasteiger partial charge in [0.15, 0.2) is 0 Å². The van der Waals surface area contributed by atoms with Crippen LogP contribution in [0.3, 0.4) is 0 Å². The van der Waals surface area contributed by atoms with Gasteiger partial charge in [-0.3, -0.25) is 0 Å². The Kier molecular flexibility index (Phi) is 8.18. The third-order valence-corrected chi connectivity index (χ3v) is 3.81. The summed E-state index contributed by atoms with van der Waals surface area (Å²) in [5.41, 5.74) is -0.303. The lowest BCUT2D eigenvalue weighted by atomic mass is 9.81. The number of hydrogen-bond acceptors (Lipinski definition) is 3. The Morgan fingerprint density at radius 3 is 2.00 bits per heavy atom. The van der Waals surface area contributed by atoms with Crippen molar-refractivity contribution in [2.75, 3.05) is 33.2 Å². The van der Waals surface area contributed by atoms with Gasteiger partial charge in [-0.15, -0.1) is 0 Å². The Labute approximate surface area is 120 Å². The number of likely N-dealkylation sites (N-methyl/N-ethyl adjacent to an activating group) is 1. The van der Waals surface area contributed by atoms with Crippen molar-refractivity contribution < 1.29 is 5.11 Å². The summed E-state index contributed by atoms with van der Waals surface area (Å²) in [6, 6.07) is 0. The van der Waals surface area contributed by atoms with Crippen molar-refractivity contribution in [1.29, 1.82) is 0 Å². The molecule has 0 unspecified atom stereocenters. The molecule has 3 heteroatoms. The average molecular weight is 272 g/mol. The first-order chi connectivity index (χ1) is 8.64. The van der Waals surface area contributed by atoms with Gasteiger partial charge in [-0.05, 0) is 51.6 Å². The predicted molar refractivity (Wildman–Crippen MR) is 84.5 cm³/mol. The van der Waals surface area contributed by atoms with Crippen LogP contribution in [0.15, 0.2) is 0 Å². The van der Waals surface area contributed by atoms with E-state index in [1.807, 2.05) is 13.8 Å². The zero-order chi connectivity index (χ0) is 15.1. The lowest BCUT2D eigenvalue weighted by Gasteiger charge is -2.38. The van der Waals surface area contributed by atoms with Crippen molar-refractivity contribution in [2.45, 2.75) is 60.0 Å². The predicted octanol–water partition coefficient (Wildman–Crippen LogP) is 2.74. The summed E-state index contributed by atoms with van der Waals surface area (Å²) in [6.07, 6.45) is 2.34. The molecule has 0 aliphatic rings. The summed E-state index contributed by atoms with van der Waals surface area (Å²) in [7, 11) is 2.11. The van der Waals surface area contributed by atoms with Crippen LogP contribution in [0.25, 0.3) is 0 Å². The van der Waals surface area contributed by atoms with Crippen LogP contribution in [-0.2, 0) is 0 Å². The third-order valence-electron chi connectivity index (χ3n) is 3.81. The number of hydrogen-bond donors (Lipinski definition) is 2. The second-order valence-electron chi connectivity index (χ2n) is 7.22. The van der Waals surface area contributed by atoms with E-state index in [2.05, 4.69) is 45.0 Å². The van der Waals surface area contributed by atoms with Crippen molar-refractivity contribution in [3.8, 4) is 0 Å². The van der Waals surface area contributed by atoms with Crippen LogP contribution in [0.5, 0.6) is 0 Å². The molecule has 0 saturated carbocycles. The van der Waals surface area contributed by atoms with E-state index in [-0.39, 0.29) is 0 Å². The maximum atomic E-state index is 9.92. The maximum Gasteiger partial charge on any atom is 0.0718 e. The van der Waals surface area contributed by atoms with Crippen molar-refractivity contribution in [3.05, 3.63) is 0 Å². The van der Waals surface area contributed by atoms with E-state index in [0.717, 1.165) is 26.2 Å². The van der Waals surface area contributed by atoms with E-state index < -0.39 is 5.60 Å². The van der Waals surface area contributed by atoms with Crippen molar-refractivity contribution in [3.63, 3.8) is 0 Å². The Morgan fingerprint density at radius 2 is 1.63 bits per heavy atom. The molecule has 0 saturated heterocycles. The van der Waals surface area contributed by atoms with Gasteiger partial charge in [0, 0.05) is 19.6 Å². The molecule has 2 N–H and O–H groups in total. The van der Waals surface area contributed by atoms with Gasteiger partial charge in [0.2, 0.25) is 0 Å². The molecule has 3 nitrogen and oxygen atoms in total. The molecular formula is C16H36N2O. The third kappa shape index (κ3) is 8.61. The first-order valence-corrected chi connectivity index (χ1v) is 7.76. The molecule has 0 aromatic heterocycles. The molecule has 0 rings (SSSR count). The van der Waals surface area contributed by atoms with Gasteiger partial charge in [0.1, 0.15) is 0 Å². The zero-order valence-corrected chi connectivity index (χ0v) is 14.2. The van der Waals surface area contributed by atoms with Gasteiger partial charge < -0.3 is 15.3 Å². The van der Waals surface area contributed by atoms with Crippen LogP contribution in [0.2, 0.25) is 0 Å². The highest BCUT2D eigenvalue weighted by molar-refractivity contribution is 4.84. The number of nitrogens with one attached hydrogen (secondary N) is 1. The van der Waals surface area contributed by atoms with Crippen molar-refractivity contribution in [2.24, 2.45) is 11.3 Å². The Bertz CT molecular complexity index is 229. The molecule has 0 bridgehead atoms. The van der Waals surface area contributed by atoms with Crippen LogP contribution >= 0.6 is 0 Å². The second-order valence-corrected chi connectivity index (χ2v) is 7.22. The summed E-state index contributed by atoms with van der Waals surface area (Å²) in [5.74, 6) is 0.695. The monoisotopic (exact) mass is 272 g/mol. The van der Waals surface area contributed by atoms with Crippen LogP contribution < -0.4 is 5.32 Å². The average Bonchev–Trinajstić information content (AvgIpc) is 2.24. The highest BCUT2D eigenvalue weighted by atomic mass is 16.3. The minimum atomic E-state index is -0.618. The smallest absolute Gasteiger partial charge is 0.0718 e. The summed E-state index contributed by atoms with van der Waals surface area (Å²) < 4.78 is 0. The van der Waals surface area contributed by atoms with E-state index in [9.17, 15) is 5.11 Å². The van der Waals surface area contributed by atoms with E-state index in [1.165, 1.54) is 12.8 Å². The number of nitrogens with zero attached hydrogens (tertiary/aromatic N) is 1. The summed E-state index contributed by atoms with van der Waals surface area (Å²) in [4.78, 5) is 2.27. The van der Waals surface area contributed by atoms with Crippen LogP contribution in [0.4, 0.5) is 0 Å². The first kappa shape index (κ1) is 18.9. The molecule has 19 heavy (non-hydrogen) atoms. The van der Waals surface area contributed by atoms with Gasteiger partial charge in [-0.25, -0.2) is 0 Å².